The van der Waals surface area contributed by atoms with E-state index in [-0.39, 0.29) is 5.97 Å². The Labute approximate surface area is 173 Å². The van der Waals surface area contributed by atoms with Crippen LogP contribution in [-0.2, 0) is 24.1 Å². The van der Waals surface area contributed by atoms with E-state index in [1.54, 1.807) is 19.3 Å². The van der Waals surface area contributed by atoms with Gasteiger partial charge in [-0.1, -0.05) is 6.92 Å². The summed E-state index contributed by atoms with van der Waals surface area (Å²) in [5, 5.41) is 0.532. The summed E-state index contributed by atoms with van der Waals surface area (Å²) in [6.07, 6.45) is 5.05. The van der Waals surface area contributed by atoms with Gasteiger partial charge < -0.3 is 15.4 Å². The molecule has 0 atom stereocenters. The lowest BCUT2D eigenvalue weighted by molar-refractivity contribution is 0.0526. The molecule has 8 heteroatoms. The van der Waals surface area contributed by atoms with Crippen LogP contribution < -0.4 is 10.6 Å². The van der Waals surface area contributed by atoms with Crippen molar-refractivity contribution in [2.75, 3.05) is 23.8 Å². The molecule has 1 aliphatic heterocycles. The maximum Gasteiger partial charge on any atom is 0.341 e. The highest BCUT2D eigenvalue weighted by atomic mass is 32.1. The van der Waals surface area contributed by atoms with Gasteiger partial charge in [0.15, 0.2) is 5.82 Å². The van der Waals surface area contributed by atoms with Crippen LogP contribution >= 0.6 is 11.3 Å². The quantitative estimate of drug-likeness (QED) is 0.645. The predicted octanol–water partition coefficient (Wildman–Crippen LogP) is 3.48. The molecule has 3 aromatic heterocycles. The van der Waals surface area contributed by atoms with E-state index < -0.39 is 0 Å². The highest BCUT2D eigenvalue weighted by Crippen LogP contribution is 2.37. The maximum absolute atomic E-state index is 12.3. The number of rotatable bonds is 5. The molecular formula is C21H23N5O2S. The molecule has 0 bridgehead atoms. The Balaban J connectivity index is 1.66. The Hall–Kier alpha value is -3.00. The van der Waals surface area contributed by atoms with Gasteiger partial charge in [0.1, 0.15) is 10.8 Å². The summed E-state index contributed by atoms with van der Waals surface area (Å²) in [4.78, 5) is 29.2. The van der Waals surface area contributed by atoms with Gasteiger partial charge in [-0.05, 0) is 37.5 Å². The number of ether oxygens (including phenoxy) is 1. The van der Waals surface area contributed by atoms with Crippen LogP contribution in [0.1, 0.15) is 40.3 Å². The molecule has 3 aromatic rings. The summed E-state index contributed by atoms with van der Waals surface area (Å²) in [6, 6.07) is 5.87. The molecule has 0 amide bonds. The number of hydrogen-bond acceptors (Lipinski definition) is 8. The number of nitrogen functional groups attached to an aromatic ring is 1. The lowest BCUT2D eigenvalue weighted by Crippen LogP contribution is -2.31. The summed E-state index contributed by atoms with van der Waals surface area (Å²) >= 11 is 1.46. The second-order valence-electron chi connectivity index (χ2n) is 6.77. The van der Waals surface area contributed by atoms with Crippen LogP contribution in [0.2, 0.25) is 0 Å². The lowest BCUT2D eigenvalue weighted by atomic mass is 10.0. The van der Waals surface area contributed by atoms with Crippen molar-refractivity contribution in [2.45, 2.75) is 33.2 Å². The Morgan fingerprint density at radius 3 is 2.79 bits per heavy atom. The van der Waals surface area contributed by atoms with Gasteiger partial charge in [-0.15, -0.1) is 11.3 Å². The molecule has 0 aromatic carbocycles. The van der Waals surface area contributed by atoms with Crippen molar-refractivity contribution in [3.8, 4) is 11.4 Å². The number of hydrogen-bond donors (Lipinski definition) is 1. The van der Waals surface area contributed by atoms with Crippen LogP contribution in [0.25, 0.3) is 11.4 Å². The van der Waals surface area contributed by atoms with Crippen molar-refractivity contribution in [1.82, 2.24) is 15.0 Å². The van der Waals surface area contributed by atoms with Crippen LogP contribution in [0.15, 0.2) is 30.6 Å². The number of pyridine rings is 1. The van der Waals surface area contributed by atoms with Gasteiger partial charge in [0.2, 0.25) is 0 Å². The molecule has 29 heavy (non-hydrogen) atoms. The third-order valence-electron chi connectivity index (χ3n) is 4.95. The van der Waals surface area contributed by atoms with Crippen molar-refractivity contribution in [2.24, 2.45) is 0 Å². The molecule has 0 saturated heterocycles. The van der Waals surface area contributed by atoms with Gasteiger partial charge >= 0.3 is 5.97 Å². The number of anilines is 2. The average Bonchev–Trinajstić information content (AvgIpc) is 3.09. The van der Waals surface area contributed by atoms with Gasteiger partial charge in [-0.3, -0.25) is 4.98 Å². The first kappa shape index (κ1) is 19.3. The summed E-state index contributed by atoms with van der Waals surface area (Å²) in [6.45, 7) is 5.65. The molecule has 0 unspecified atom stereocenters. The predicted molar refractivity (Wildman–Crippen MR) is 114 cm³/mol. The molecule has 1 aliphatic rings. The number of fused-ring (bicyclic) bond motifs is 1. The molecular weight excluding hydrogens is 386 g/mol. The molecule has 2 N–H and O–H groups in total. The summed E-state index contributed by atoms with van der Waals surface area (Å²) in [5.74, 6) is 1.26. The number of thiophene rings is 1. The number of nitrogens with two attached hydrogens (primary N) is 1. The first-order valence-electron chi connectivity index (χ1n) is 9.71. The van der Waals surface area contributed by atoms with Crippen molar-refractivity contribution >= 4 is 28.1 Å². The van der Waals surface area contributed by atoms with Gasteiger partial charge in [0, 0.05) is 41.1 Å². The molecule has 0 aliphatic carbocycles. The fourth-order valence-corrected chi connectivity index (χ4v) is 4.63. The molecule has 0 radical (unpaired) electrons. The number of esters is 1. The van der Waals surface area contributed by atoms with E-state index in [1.165, 1.54) is 11.3 Å². The first-order chi connectivity index (χ1) is 14.1. The van der Waals surface area contributed by atoms with Crippen molar-refractivity contribution < 1.29 is 9.53 Å². The number of nitrogens with zero attached hydrogens (tertiary/aromatic N) is 4. The molecule has 0 saturated carbocycles. The highest BCUT2D eigenvalue weighted by Gasteiger charge is 2.28. The van der Waals surface area contributed by atoms with E-state index in [2.05, 4.69) is 21.8 Å². The van der Waals surface area contributed by atoms with E-state index in [4.69, 9.17) is 15.5 Å². The van der Waals surface area contributed by atoms with Crippen LogP contribution in [0.4, 0.5) is 10.8 Å². The first-order valence-corrected chi connectivity index (χ1v) is 10.5. The third-order valence-corrected chi connectivity index (χ3v) is 6.00. The van der Waals surface area contributed by atoms with Crippen LogP contribution in [0, 0.1) is 0 Å². The van der Waals surface area contributed by atoms with E-state index in [0.29, 0.717) is 29.5 Å². The molecule has 0 spiro atoms. The molecule has 150 valence electrons. The van der Waals surface area contributed by atoms with E-state index in [0.717, 1.165) is 46.9 Å². The summed E-state index contributed by atoms with van der Waals surface area (Å²) in [7, 11) is 0. The Kier molecular flexibility index (Phi) is 5.44. The fraction of sp³-hybridized carbons (Fsp3) is 0.333. The second-order valence-corrected chi connectivity index (χ2v) is 7.90. The van der Waals surface area contributed by atoms with E-state index in [1.807, 2.05) is 18.2 Å². The number of aryl methyl sites for hydroxylation is 1. The monoisotopic (exact) mass is 409 g/mol. The molecule has 0 fully saturated rings. The van der Waals surface area contributed by atoms with Crippen molar-refractivity contribution in [3.05, 3.63) is 52.3 Å². The highest BCUT2D eigenvalue weighted by molar-refractivity contribution is 7.16. The van der Waals surface area contributed by atoms with Gasteiger partial charge in [-0.25, -0.2) is 14.8 Å². The van der Waals surface area contributed by atoms with Gasteiger partial charge in [-0.2, -0.15) is 0 Å². The molecule has 7 nitrogen and oxygen atoms in total. The average molecular weight is 410 g/mol. The minimum atomic E-state index is -0.328. The smallest absolute Gasteiger partial charge is 0.341 e. The Morgan fingerprint density at radius 1 is 1.28 bits per heavy atom. The van der Waals surface area contributed by atoms with Crippen LogP contribution in [0.3, 0.4) is 0 Å². The molecule has 4 heterocycles. The fourth-order valence-electron chi connectivity index (χ4n) is 3.50. The van der Waals surface area contributed by atoms with Crippen LogP contribution in [0.5, 0.6) is 0 Å². The van der Waals surface area contributed by atoms with Gasteiger partial charge in [0.05, 0.1) is 18.7 Å². The second kappa shape index (κ2) is 8.16. The zero-order chi connectivity index (χ0) is 20.4. The Morgan fingerprint density at radius 2 is 2.07 bits per heavy atom. The normalized spacial score (nSPS) is 13.2. The largest absolute Gasteiger partial charge is 0.462 e. The van der Waals surface area contributed by atoms with E-state index >= 15 is 0 Å². The molecule has 4 rings (SSSR count). The standard InChI is InChI=1S/C21H23N5O2S/c1-3-14-11-17(25-20(24-14)13-5-8-23-9-6-13)26-10-7-15-16(12-26)29-19(22)18(15)21(27)28-4-2/h5-6,8-9,11H,3-4,7,10,12,22H2,1-2H3. The third kappa shape index (κ3) is 3.80. The topological polar surface area (TPSA) is 94.2 Å². The number of carbonyl (C=O) groups is 1. The summed E-state index contributed by atoms with van der Waals surface area (Å²) < 4.78 is 5.19. The van der Waals surface area contributed by atoms with Crippen LogP contribution in [-0.4, -0.2) is 34.1 Å². The van der Waals surface area contributed by atoms with Crippen molar-refractivity contribution in [3.63, 3.8) is 0 Å². The van der Waals surface area contributed by atoms with E-state index in [9.17, 15) is 4.79 Å². The van der Waals surface area contributed by atoms with Gasteiger partial charge in [0.25, 0.3) is 0 Å². The zero-order valence-electron chi connectivity index (χ0n) is 16.5. The number of carbonyl (C=O) groups excluding carboxylic acids is 1. The number of aromatic nitrogens is 3. The maximum atomic E-state index is 12.3. The van der Waals surface area contributed by atoms with Crippen molar-refractivity contribution in [1.29, 1.82) is 0 Å². The lowest BCUT2D eigenvalue weighted by Gasteiger charge is -2.28. The minimum Gasteiger partial charge on any atom is -0.462 e. The minimum absolute atomic E-state index is 0.328. The SMILES string of the molecule is CCOC(=O)c1c(N)sc2c1CCN(c1cc(CC)nc(-c3ccncc3)n1)C2. The Bertz CT molecular complexity index is 1040. The summed E-state index contributed by atoms with van der Waals surface area (Å²) in [5.41, 5.74) is 9.64. The zero-order valence-corrected chi connectivity index (χ0v) is 17.3.